The van der Waals surface area contributed by atoms with Crippen molar-refractivity contribution in [3.63, 3.8) is 0 Å². The van der Waals surface area contributed by atoms with Crippen LogP contribution in [0.1, 0.15) is 11.1 Å². The number of hydrogen-bond donors (Lipinski definition) is 2. The fraction of sp³-hybridized carbons (Fsp3) is 0.188. The van der Waals surface area contributed by atoms with E-state index in [0.29, 0.717) is 11.4 Å². The number of carbonyl (C=O) groups is 1. The molecular weight excluding hydrogens is 316 g/mol. The fourth-order valence-corrected chi connectivity index (χ4v) is 2.40. The maximum absolute atomic E-state index is 11.6. The molecule has 0 saturated heterocycles. The number of hydrogen-bond acceptors (Lipinski definition) is 4. The number of aromatic nitrogens is 3. The molecule has 7 heteroatoms. The van der Waals surface area contributed by atoms with Crippen molar-refractivity contribution >= 4 is 34.2 Å². The Morgan fingerprint density at radius 2 is 1.87 bits per heavy atom. The second kappa shape index (κ2) is 5.89. The molecule has 6 nitrogen and oxygen atoms in total. The number of anilines is 1. The second-order valence-electron chi connectivity index (χ2n) is 5.22. The summed E-state index contributed by atoms with van der Waals surface area (Å²) in [4.78, 5) is 13.0. The first-order valence-corrected chi connectivity index (χ1v) is 7.56. The Labute approximate surface area is 137 Å². The summed E-state index contributed by atoms with van der Waals surface area (Å²) in [7, 11) is 0. The molecule has 118 valence electrons. The van der Waals surface area contributed by atoms with E-state index in [9.17, 15) is 9.90 Å². The lowest BCUT2D eigenvalue weighted by Gasteiger charge is -2.15. The average molecular weight is 331 g/mol. The van der Waals surface area contributed by atoms with Crippen LogP contribution in [0.2, 0.25) is 0 Å². The van der Waals surface area contributed by atoms with Gasteiger partial charge in [-0.3, -0.25) is 4.79 Å². The van der Waals surface area contributed by atoms with Crippen LogP contribution >= 0.6 is 11.6 Å². The zero-order chi connectivity index (χ0) is 16.6. The number of fused-ring (bicyclic) bond motifs is 1. The third-order valence-corrected chi connectivity index (χ3v) is 3.93. The third kappa shape index (κ3) is 2.73. The second-order valence-corrected chi connectivity index (χ2v) is 5.49. The fourth-order valence-electron chi connectivity index (χ4n) is 2.33. The Kier molecular flexibility index (Phi) is 3.92. The van der Waals surface area contributed by atoms with Crippen LogP contribution in [0.15, 0.2) is 30.3 Å². The number of amides is 1. The molecule has 3 aromatic rings. The summed E-state index contributed by atoms with van der Waals surface area (Å²) in [6.45, 7) is 3.70. The molecule has 0 unspecified atom stereocenters. The first-order chi connectivity index (χ1) is 11.0. The number of aromatic hydroxyl groups is 1. The van der Waals surface area contributed by atoms with E-state index in [1.807, 2.05) is 38.1 Å². The Morgan fingerprint density at radius 3 is 2.43 bits per heavy atom. The molecule has 2 aromatic carbocycles. The highest BCUT2D eigenvalue weighted by atomic mass is 35.5. The molecular formula is C16H15ClN4O2. The molecule has 0 aliphatic heterocycles. The number of nitrogens with one attached hydrogen (secondary N) is 1. The van der Waals surface area contributed by atoms with Gasteiger partial charge in [0.05, 0.1) is 5.69 Å². The number of rotatable bonds is 3. The van der Waals surface area contributed by atoms with Crippen molar-refractivity contribution < 1.29 is 9.90 Å². The van der Waals surface area contributed by atoms with Crippen molar-refractivity contribution in [2.75, 3.05) is 11.2 Å². The van der Waals surface area contributed by atoms with Crippen molar-refractivity contribution in [3.8, 4) is 11.4 Å². The van der Waals surface area contributed by atoms with Gasteiger partial charge < -0.3 is 10.4 Å². The van der Waals surface area contributed by atoms with Crippen molar-refractivity contribution in [1.82, 2.24) is 15.0 Å². The van der Waals surface area contributed by atoms with Gasteiger partial charge in [-0.15, -0.1) is 26.6 Å². The monoisotopic (exact) mass is 330 g/mol. The maximum atomic E-state index is 11.6. The van der Waals surface area contributed by atoms with E-state index in [4.69, 9.17) is 11.6 Å². The molecule has 23 heavy (non-hydrogen) atoms. The van der Waals surface area contributed by atoms with Crippen LogP contribution in [-0.4, -0.2) is 31.9 Å². The average Bonchev–Trinajstić information content (AvgIpc) is 2.98. The van der Waals surface area contributed by atoms with Gasteiger partial charge in [0, 0.05) is 0 Å². The summed E-state index contributed by atoms with van der Waals surface area (Å²) in [5, 5.41) is 21.9. The minimum absolute atomic E-state index is 0.0909. The molecule has 0 saturated carbocycles. The normalized spacial score (nSPS) is 10.9. The summed E-state index contributed by atoms with van der Waals surface area (Å²) >= 11 is 5.53. The predicted molar refractivity (Wildman–Crippen MR) is 89.4 cm³/mol. The first kappa shape index (κ1) is 15.3. The van der Waals surface area contributed by atoms with Crippen LogP contribution in [0.5, 0.6) is 5.75 Å². The summed E-state index contributed by atoms with van der Waals surface area (Å²) in [5.41, 5.74) is 3.82. The van der Waals surface area contributed by atoms with Crippen molar-refractivity contribution in [3.05, 3.63) is 41.5 Å². The number of benzene rings is 2. The molecule has 0 radical (unpaired) electrons. The molecule has 1 aromatic heterocycles. The lowest BCUT2D eigenvalue weighted by molar-refractivity contribution is -0.113. The highest BCUT2D eigenvalue weighted by Gasteiger charge is 2.18. The highest BCUT2D eigenvalue weighted by molar-refractivity contribution is 6.29. The number of nitrogens with zero attached hydrogens (tertiary/aromatic N) is 3. The van der Waals surface area contributed by atoms with E-state index in [-0.39, 0.29) is 17.5 Å². The molecule has 0 aliphatic rings. The molecule has 3 rings (SSSR count). The molecule has 1 heterocycles. The lowest BCUT2D eigenvalue weighted by atomic mass is 10.1. The van der Waals surface area contributed by atoms with Crippen molar-refractivity contribution in [1.29, 1.82) is 0 Å². The predicted octanol–water partition coefficient (Wildman–Crippen LogP) is 2.92. The Bertz CT molecular complexity index is 871. The van der Waals surface area contributed by atoms with E-state index in [1.54, 1.807) is 6.07 Å². The summed E-state index contributed by atoms with van der Waals surface area (Å²) in [5.74, 6) is -0.668. The van der Waals surface area contributed by atoms with E-state index in [1.165, 1.54) is 4.80 Å². The quantitative estimate of drug-likeness (QED) is 0.571. The largest absolute Gasteiger partial charge is 0.504 e. The van der Waals surface area contributed by atoms with Gasteiger partial charge in [0.25, 0.3) is 0 Å². The maximum Gasteiger partial charge on any atom is 0.239 e. The third-order valence-electron chi connectivity index (χ3n) is 3.69. The van der Waals surface area contributed by atoms with Crippen molar-refractivity contribution in [2.24, 2.45) is 0 Å². The van der Waals surface area contributed by atoms with Gasteiger partial charge in [0.15, 0.2) is 5.75 Å². The molecule has 2 N–H and O–H groups in total. The number of alkyl halides is 1. The Hall–Kier alpha value is -2.60. The van der Waals surface area contributed by atoms with E-state index in [0.717, 1.165) is 22.2 Å². The minimum atomic E-state index is -0.389. The minimum Gasteiger partial charge on any atom is -0.504 e. The molecule has 0 aliphatic carbocycles. The van der Waals surface area contributed by atoms with Gasteiger partial charge in [0.1, 0.15) is 22.6 Å². The number of carbonyl (C=O) groups excluding carboxylic acids is 1. The van der Waals surface area contributed by atoms with Crippen LogP contribution < -0.4 is 5.32 Å². The van der Waals surface area contributed by atoms with Crippen LogP contribution in [0.3, 0.4) is 0 Å². The molecule has 1 amide bonds. The van der Waals surface area contributed by atoms with Crippen LogP contribution in [-0.2, 0) is 4.79 Å². The summed E-state index contributed by atoms with van der Waals surface area (Å²) in [6, 6.07) is 9.20. The Balaban J connectivity index is 2.17. The van der Waals surface area contributed by atoms with Gasteiger partial charge in [-0.2, -0.15) is 0 Å². The molecule has 0 bridgehead atoms. The van der Waals surface area contributed by atoms with Gasteiger partial charge in [-0.1, -0.05) is 12.1 Å². The van der Waals surface area contributed by atoms with Crippen LogP contribution in [0.25, 0.3) is 16.7 Å². The smallest absolute Gasteiger partial charge is 0.239 e. The topological polar surface area (TPSA) is 80.0 Å². The van der Waals surface area contributed by atoms with Crippen LogP contribution in [0, 0.1) is 13.8 Å². The highest BCUT2D eigenvalue weighted by Crippen LogP contribution is 2.35. The lowest BCUT2D eigenvalue weighted by Crippen LogP contribution is -2.15. The number of aryl methyl sites for hydroxylation is 1. The van der Waals surface area contributed by atoms with Gasteiger partial charge in [0.2, 0.25) is 5.91 Å². The first-order valence-electron chi connectivity index (χ1n) is 7.02. The number of phenolic OH excluding ortho intramolecular Hbond substituents is 1. The zero-order valence-electron chi connectivity index (χ0n) is 12.7. The standard InChI is InChI=1S/C16H15ClN4O2/c1-9-7-13(16(23)15(10(9)2)18-14(22)8-17)21-19-11-5-3-4-6-12(11)20-21/h3-7,23H,8H2,1-2H3,(H,18,22). The molecule has 0 fully saturated rings. The summed E-state index contributed by atoms with van der Waals surface area (Å²) in [6.07, 6.45) is 0. The Morgan fingerprint density at radius 1 is 1.26 bits per heavy atom. The van der Waals surface area contributed by atoms with E-state index in [2.05, 4.69) is 15.5 Å². The van der Waals surface area contributed by atoms with Crippen molar-refractivity contribution in [2.45, 2.75) is 13.8 Å². The van der Waals surface area contributed by atoms with Gasteiger partial charge in [-0.25, -0.2) is 0 Å². The van der Waals surface area contributed by atoms with Gasteiger partial charge in [-0.05, 0) is 43.2 Å². The zero-order valence-corrected chi connectivity index (χ0v) is 13.4. The summed E-state index contributed by atoms with van der Waals surface area (Å²) < 4.78 is 0. The van der Waals surface area contributed by atoms with E-state index >= 15 is 0 Å². The molecule has 0 spiro atoms. The molecule has 0 atom stereocenters. The number of phenols is 1. The van der Waals surface area contributed by atoms with Crippen LogP contribution in [0.4, 0.5) is 5.69 Å². The number of halogens is 1. The SMILES string of the molecule is Cc1cc(-n2nc3ccccc3n2)c(O)c(NC(=O)CCl)c1C. The van der Waals surface area contributed by atoms with E-state index < -0.39 is 0 Å². The van der Waals surface area contributed by atoms with Gasteiger partial charge >= 0.3 is 0 Å².